The minimum absolute atomic E-state index is 0.0748. The molecular weight excluding hydrogens is 615 g/mol. The molecule has 14 heteroatoms. The van der Waals surface area contributed by atoms with Gasteiger partial charge in [0.25, 0.3) is 11.8 Å². The monoisotopic (exact) mass is 640 g/mol. The summed E-state index contributed by atoms with van der Waals surface area (Å²) in [4.78, 5) is 25.6. The van der Waals surface area contributed by atoms with Crippen molar-refractivity contribution in [1.82, 2.24) is 40.4 Å². The standard InChI is InChI=1S/C31H26Cl2N10O2/c1-18(16-42-9-7-26(40-42)20-3-5-22(14-34)24(32)11-20)36-30(44)28-13-29(39-38-28)31(45)37-19(2)17-43-10-8-27(41-43)21-4-6-23(15-35)25(33)12-21/h3-13,18-19H,16-17H2,1-2H3,(H,36,44)(H,37,45)(H,38,39)/t18-,19-/m0/s1. The maximum atomic E-state index is 12.8. The van der Waals surface area contributed by atoms with Gasteiger partial charge in [-0.1, -0.05) is 35.3 Å². The van der Waals surface area contributed by atoms with Crippen LogP contribution in [0.5, 0.6) is 0 Å². The van der Waals surface area contributed by atoms with Crippen LogP contribution in [0.4, 0.5) is 0 Å². The summed E-state index contributed by atoms with van der Waals surface area (Å²) < 4.78 is 3.39. The molecule has 2 atom stereocenters. The molecule has 45 heavy (non-hydrogen) atoms. The Morgan fingerprint density at radius 1 is 0.800 bits per heavy atom. The molecule has 0 aliphatic carbocycles. The van der Waals surface area contributed by atoms with E-state index in [0.29, 0.717) is 45.6 Å². The van der Waals surface area contributed by atoms with Gasteiger partial charge in [0.2, 0.25) is 0 Å². The highest BCUT2D eigenvalue weighted by atomic mass is 35.5. The summed E-state index contributed by atoms with van der Waals surface area (Å²) in [5.74, 6) is -0.857. The number of hydrogen-bond acceptors (Lipinski definition) is 7. The van der Waals surface area contributed by atoms with Gasteiger partial charge in [0, 0.05) is 41.7 Å². The van der Waals surface area contributed by atoms with Gasteiger partial charge in [-0.3, -0.25) is 24.1 Å². The number of amides is 2. The summed E-state index contributed by atoms with van der Waals surface area (Å²) in [7, 11) is 0. The van der Waals surface area contributed by atoms with E-state index >= 15 is 0 Å². The molecule has 2 aromatic carbocycles. The maximum absolute atomic E-state index is 12.8. The number of nitrogens with zero attached hydrogens (tertiary/aromatic N) is 7. The van der Waals surface area contributed by atoms with E-state index in [4.69, 9.17) is 33.7 Å². The number of hydrogen-bond donors (Lipinski definition) is 3. The summed E-state index contributed by atoms with van der Waals surface area (Å²) in [5, 5.41) is 40.3. The third kappa shape index (κ3) is 7.39. The first-order valence-electron chi connectivity index (χ1n) is 13.8. The van der Waals surface area contributed by atoms with Crippen molar-refractivity contribution in [3.8, 4) is 34.7 Å². The van der Waals surface area contributed by atoms with Crippen LogP contribution in [0.25, 0.3) is 22.5 Å². The molecule has 0 radical (unpaired) electrons. The normalized spacial score (nSPS) is 12.1. The molecule has 0 aliphatic heterocycles. The molecule has 5 aromatic rings. The maximum Gasteiger partial charge on any atom is 0.272 e. The van der Waals surface area contributed by atoms with Crippen molar-refractivity contribution in [2.75, 3.05) is 0 Å². The number of aromatic nitrogens is 6. The van der Waals surface area contributed by atoms with E-state index in [2.05, 4.69) is 31.0 Å². The minimum atomic E-state index is -0.441. The molecule has 0 spiro atoms. The Kier molecular flexibility index (Phi) is 9.28. The SMILES string of the molecule is C[C@@H](Cn1ccc(-c2ccc(C#N)c(Cl)c2)n1)NC(=O)c1cc(C(=O)N[C@@H](C)Cn2ccc(-c3ccc(C#N)c(Cl)c3)n2)[nH]n1. The fourth-order valence-electron chi connectivity index (χ4n) is 4.57. The van der Waals surface area contributed by atoms with Crippen LogP contribution in [-0.2, 0) is 13.1 Å². The molecule has 2 amide bonds. The average Bonchev–Trinajstić information content (AvgIpc) is 3.79. The number of carbonyl (C=O) groups is 2. The number of nitriles is 2. The van der Waals surface area contributed by atoms with Crippen LogP contribution in [0.3, 0.4) is 0 Å². The first-order chi connectivity index (χ1) is 21.6. The lowest BCUT2D eigenvalue weighted by atomic mass is 10.1. The molecule has 3 aromatic heterocycles. The number of halogens is 2. The van der Waals surface area contributed by atoms with Gasteiger partial charge in [-0.2, -0.15) is 25.8 Å². The fraction of sp³-hybridized carbons (Fsp3) is 0.194. The lowest BCUT2D eigenvalue weighted by Gasteiger charge is -2.13. The van der Waals surface area contributed by atoms with Gasteiger partial charge in [-0.25, -0.2) is 0 Å². The Balaban J connectivity index is 1.12. The van der Waals surface area contributed by atoms with E-state index in [9.17, 15) is 9.59 Å². The summed E-state index contributed by atoms with van der Waals surface area (Å²) >= 11 is 12.3. The first-order valence-corrected chi connectivity index (χ1v) is 14.5. The van der Waals surface area contributed by atoms with E-state index in [1.165, 1.54) is 6.07 Å². The molecular formula is C31H26Cl2N10O2. The van der Waals surface area contributed by atoms with Crippen molar-refractivity contribution in [1.29, 1.82) is 10.5 Å². The van der Waals surface area contributed by atoms with Gasteiger partial charge in [-0.05, 0) is 50.2 Å². The van der Waals surface area contributed by atoms with Crippen molar-refractivity contribution in [3.63, 3.8) is 0 Å². The second-order valence-corrected chi connectivity index (χ2v) is 11.2. The molecule has 0 bridgehead atoms. The molecule has 0 unspecified atom stereocenters. The smallest absolute Gasteiger partial charge is 0.272 e. The molecule has 5 rings (SSSR count). The van der Waals surface area contributed by atoms with Crippen LogP contribution in [0.2, 0.25) is 10.0 Å². The molecule has 3 heterocycles. The zero-order valence-corrected chi connectivity index (χ0v) is 25.6. The van der Waals surface area contributed by atoms with Gasteiger partial charge in [-0.15, -0.1) is 0 Å². The van der Waals surface area contributed by atoms with Crippen LogP contribution < -0.4 is 10.6 Å². The topological polar surface area (TPSA) is 170 Å². The van der Waals surface area contributed by atoms with Crippen molar-refractivity contribution in [2.45, 2.75) is 39.0 Å². The number of benzene rings is 2. The van der Waals surface area contributed by atoms with E-state index in [1.807, 2.05) is 38.1 Å². The lowest BCUT2D eigenvalue weighted by Crippen LogP contribution is -2.36. The highest BCUT2D eigenvalue weighted by Crippen LogP contribution is 2.25. The molecule has 0 fully saturated rings. The van der Waals surface area contributed by atoms with Crippen molar-refractivity contribution >= 4 is 35.0 Å². The van der Waals surface area contributed by atoms with Gasteiger partial charge in [0.1, 0.15) is 17.8 Å². The summed E-state index contributed by atoms with van der Waals surface area (Å²) in [6.07, 6.45) is 3.57. The first kappa shape index (κ1) is 31.0. The van der Waals surface area contributed by atoms with Crippen molar-refractivity contribution in [2.24, 2.45) is 0 Å². The Morgan fingerprint density at radius 2 is 1.29 bits per heavy atom. The third-order valence-electron chi connectivity index (χ3n) is 6.78. The van der Waals surface area contributed by atoms with Gasteiger partial charge in [0.15, 0.2) is 5.69 Å². The molecule has 0 aliphatic rings. The van der Waals surface area contributed by atoms with Crippen LogP contribution in [-0.4, -0.2) is 53.7 Å². The molecule has 3 N–H and O–H groups in total. The number of aromatic amines is 1. The second-order valence-electron chi connectivity index (χ2n) is 10.4. The molecule has 226 valence electrons. The van der Waals surface area contributed by atoms with Crippen LogP contribution in [0, 0.1) is 22.7 Å². The van der Waals surface area contributed by atoms with Crippen LogP contribution in [0.15, 0.2) is 67.0 Å². The Morgan fingerprint density at radius 3 is 1.76 bits per heavy atom. The highest BCUT2D eigenvalue weighted by Gasteiger charge is 2.19. The molecule has 0 saturated carbocycles. The summed E-state index contributed by atoms with van der Waals surface area (Å²) in [6.45, 7) is 4.44. The number of carbonyl (C=O) groups excluding carboxylic acids is 2. The van der Waals surface area contributed by atoms with E-state index < -0.39 is 11.8 Å². The van der Waals surface area contributed by atoms with Gasteiger partial charge < -0.3 is 10.6 Å². The minimum Gasteiger partial charge on any atom is -0.346 e. The largest absolute Gasteiger partial charge is 0.346 e. The van der Waals surface area contributed by atoms with Crippen molar-refractivity contribution < 1.29 is 9.59 Å². The number of rotatable bonds is 10. The predicted molar refractivity (Wildman–Crippen MR) is 167 cm³/mol. The fourth-order valence-corrected chi connectivity index (χ4v) is 5.02. The number of H-pyrrole nitrogens is 1. The van der Waals surface area contributed by atoms with E-state index in [-0.39, 0.29) is 23.5 Å². The van der Waals surface area contributed by atoms with Crippen molar-refractivity contribution in [3.05, 3.63) is 99.6 Å². The third-order valence-corrected chi connectivity index (χ3v) is 7.41. The van der Waals surface area contributed by atoms with Crippen LogP contribution in [0.1, 0.15) is 46.0 Å². The number of nitrogens with one attached hydrogen (secondary N) is 3. The quantitative estimate of drug-likeness (QED) is 0.196. The molecule has 12 nitrogen and oxygen atoms in total. The van der Waals surface area contributed by atoms with Gasteiger partial charge in [0.05, 0.1) is 45.6 Å². The highest BCUT2D eigenvalue weighted by molar-refractivity contribution is 6.32. The second kappa shape index (κ2) is 13.5. The molecule has 0 saturated heterocycles. The zero-order valence-electron chi connectivity index (χ0n) is 24.1. The zero-order chi connectivity index (χ0) is 32.1. The Bertz CT molecular complexity index is 1820. The summed E-state index contributed by atoms with van der Waals surface area (Å²) in [5.41, 5.74) is 3.91. The lowest BCUT2D eigenvalue weighted by molar-refractivity contribution is 0.0924. The average molecular weight is 642 g/mol. The Labute approximate surface area is 268 Å². The van der Waals surface area contributed by atoms with Gasteiger partial charge >= 0.3 is 0 Å². The summed E-state index contributed by atoms with van der Waals surface area (Å²) in [6, 6.07) is 18.7. The Hall–Kier alpha value is -5.43. The predicted octanol–water partition coefficient (Wildman–Crippen LogP) is 4.82. The van der Waals surface area contributed by atoms with E-state index in [1.54, 1.807) is 58.2 Å². The van der Waals surface area contributed by atoms with Crippen LogP contribution >= 0.6 is 23.2 Å². The van der Waals surface area contributed by atoms with E-state index in [0.717, 1.165) is 11.1 Å².